The molecule has 0 saturated heterocycles. The molecule has 11 rings (SSSR count). The molecule has 0 amide bonds. The standard InChI is InChI=1S/C38H16N4O6/c43-35-23-9-5-19-20-6-10-24-32-22(34-40-26-12-2-16(38(47)48)14-28(26)42(34)36(24)44)8-4-18(30(20)32)17-3-7-21(31(23)29(17)19)33-39-25-11-1-15(37(45)46)13-27(25)41(33)35/h1-14H,(H,45,46)(H,47,48). The topological polar surface area (TPSA) is 143 Å². The molecule has 0 aliphatic rings. The molecule has 0 aliphatic carbocycles. The van der Waals surface area contributed by atoms with Crippen LogP contribution in [0.1, 0.15) is 20.7 Å². The molecule has 4 heterocycles. The van der Waals surface area contributed by atoms with E-state index < -0.39 is 11.9 Å². The number of hydrogen-bond acceptors (Lipinski definition) is 6. The number of fused-ring (bicyclic) bond motifs is 10. The Morgan fingerprint density at radius 2 is 0.792 bits per heavy atom. The summed E-state index contributed by atoms with van der Waals surface area (Å²) in [6, 6.07) is 24.6. The van der Waals surface area contributed by atoms with Crippen LogP contribution in [0.5, 0.6) is 0 Å². The van der Waals surface area contributed by atoms with E-state index in [9.17, 15) is 29.4 Å². The highest BCUT2D eigenvalue weighted by Crippen LogP contribution is 2.45. The number of aromatic carboxylic acids is 2. The molecular weight excluding hydrogens is 608 g/mol. The minimum atomic E-state index is -1.08. The molecule has 0 spiro atoms. The molecule has 0 atom stereocenters. The fourth-order valence-corrected chi connectivity index (χ4v) is 8.05. The maximum atomic E-state index is 14.1. The van der Waals surface area contributed by atoms with Crippen LogP contribution in [0.3, 0.4) is 0 Å². The number of aromatic nitrogens is 4. The fourth-order valence-electron chi connectivity index (χ4n) is 8.05. The van der Waals surface area contributed by atoms with Gasteiger partial charge in [0.1, 0.15) is 11.3 Å². The summed E-state index contributed by atoms with van der Waals surface area (Å²) in [5.74, 6) is -2.17. The summed E-state index contributed by atoms with van der Waals surface area (Å²) < 4.78 is 3.00. The monoisotopic (exact) mass is 624 g/mol. The second kappa shape index (κ2) is 8.06. The van der Waals surface area contributed by atoms with Gasteiger partial charge in [0.2, 0.25) is 0 Å². The third-order valence-corrected chi connectivity index (χ3v) is 10.1. The Kier molecular flexibility index (Phi) is 4.25. The fraction of sp³-hybridized carbons (Fsp3) is 0. The first-order valence-corrected chi connectivity index (χ1v) is 15.1. The number of carboxylic acid groups (broad SMARTS) is 2. The summed E-state index contributed by atoms with van der Waals surface area (Å²) in [5, 5.41) is 28.8. The quantitative estimate of drug-likeness (QED) is 0.161. The van der Waals surface area contributed by atoms with Crippen molar-refractivity contribution >= 4 is 110 Å². The molecule has 4 aromatic heterocycles. The lowest BCUT2D eigenvalue weighted by atomic mass is 9.86. The van der Waals surface area contributed by atoms with E-state index >= 15 is 0 Å². The molecule has 2 N–H and O–H groups in total. The molecular formula is C38H16N4O6. The number of rotatable bonds is 2. The lowest BCUT2D eigenvalue weighted by molar-refractivity contribution is 0.0686. The molecule has 10 nitrogen and oxygen atoms in total. The molecule has 11 aromatic rings. The van der Waals surface area contributed by atoms with Crippen LogP contribution in [0.25, 0.3) is 98.0 Å². The van der Waals surface area contributed by atoms with Gasteiger partial charge in [-0.1, -0.05) is 24.3 Å². The number of pyridine rings is 2. The van der Waals surface area contributed by atoms with Gasteiger partial charge in [0, 0.05) is 32.3 Å². The SMILES string of the molecule is O=C(O)c1ccc2nc3c4ccc5c6ccc7c8c(ccc(c9ccc(c(=O)n3c2c1)c4c95)c68)c(=O)n1c2cc(C(=O)O)ccc2nc71. The number of hydrogen-bond donors (Lipinski definition) is 2. The average molecular weight is 625 g/mol. The first-order chi connectivity index (χ1) is 23.3. The van der Waals surface area contributed by atoms with Gasteiger partial charge in [-0.2, -0.15) is 0 Å². The van der Waals surface area contributed by atoms with Gasteiger partial charge in [0.15, 0.2) is 0 Å². The van der Waals surface area contributed by atoms with Gasteiger partial charge in [-0.3, -0.25) is 18.4 Å². The third-order valence-electron chi connectivity index (χ3n) is 10.1. The van der Waals surface area contributed by atoms with Gasteiger partial charge >= 0.3 is 11.9 Å². The molecule has 0 fully saturated rings. The third kappa shape index (κ3) is 2.76. The van der Waals surface area contributed by atoms with Crippen molar-refractivity contribution in [2.45, 2.75) is 0 Å². The van der Waals surface area contributed by atoms with Crippen molar-refractivity contribution in [3.8, 4) is 0 Å². The number of carboxylic acids is 2. The molecule has 0 bridgehead atoms. The number of benzene rings is 7. The maximum absolute atomic E-state index is 14.1. The highest BCUT2D eigenvalue weighted by Gasteiger charge is 2.24. The molecule has 10 heteroatoms. The minimum Gasteiger partial charge on any atom is -0.478 e. The smallest absolute Gasteiger partial charge is 0.335 e. The van der Waals surface area contributed by atoms with Crippen molar-refractivity contribution in [1.82, 2.24) is 18.8 Å². The molecule has 0 unspecified atom stereocenters. The molecule has 0 radical (unpaired) electrons. The van der Waals surface area contributed by atoms with Crippen LogP contribution >= 0.6 is 0 Å². The Morgan fingerprint density at radius 1 is 0.458 bits per heavy atom. The van der Waals surface area contributed by atoms with Crippen molar-refractivity contribution < 1.29 is 19.8 Å². The van der Waals surface area contributed by atoms with Crippen LogP contribution < -0.4 is 11.1 Å². The van der Waals surface area contributed by atoms with E-state index in [1.165, 1.54) is 33.1 Å². The van der Waals surface area contributed by atoms with Crippen molar-refractivity contribution in [2.75, 3.05) is 0 Å². The summed E-state index contributed by atoms with van der Waals surface area (Å²) in [6.45, 7) is 0. The van der Waals surface area contributed by atoms with Crippen LogP contribution in [0, 0.1) is 0 Å². The summed E-state index contributed by atoms with van der Waals surface area (Å²) in [7, 11) is 0. The van der Waals surface area contributed by atoms with Crippen LogP contribution in [-0.2, 0) is 0 Å². The molecule has 0 aliphatic heterocycles. The summed E-state index contributed by atoms with van der Waals surface area (Å²) in [4.78, 5) is 61.3. The highest BCUT2D eigenvalue weighted by atomic mass is 16.4. The van der Waals surface area contributed by atoms with E-state index in [-0.39, 0.29) is 22.2 Å². The number of carbonyl (C=O) groups is 2. The number of imidazole rings is 2. The van der Waals surface area contributed by atoms with Crippen LogP contribution in [0.15, 0.2) is 94.5 Å². The predicted octanol–water partition coefficient (Wildman–Crippen LogP) is 6.64. The first-order valence-electron chi connectivity index (χ1n) is 15.1. The molecule has 0 saturated carbocycles. The lowest BCUT2D eigenvalue weighted by Crippen LogP contribution is -2.14. The summed E-state index contributed by atoms with van der Waals surface area (Å²) in [5.41, 5.74) is 2.44. The van der Waals surface area contributed by atoms with E-state index in [0.717, 1.165) is 53.9 Å². The van der Waals surface area contributed by atoms with Gasteiger partial charge in [-0.25, -0.2) is 19.6 Å². The van der Waals surface area contributed by atoms with E-state index in [0.29, 0.717) is 44.1 Å². The van der Waals surface area contributed by atoms with Gasteiger partial charge in [-0.05, 0) is 93.0 Å². The summed E-state index contributed by atoms with van der Waals surface area (Å²) in [6.07, 6.45) is 0. The average Bonchev–Trinajstić information content (AvgIpc) is 3.67. The second-order valence-electron chi connectivity index (χ2n) is 12.3. The normalized spacial score (nSPS) is 12.7. The van der Waals surface area contributed by atoms with Gasteiger partial charge in [0.05, 0.1) is 33.2 Å². The van der Waals surface area contributed by atoms with Crippen LogP contribution in [0.4, 0.5) is 0 Å². The van der Waals surface area contributed by atoms with Crippen LogP contribution in [-0.4, -0.2) is 40.9 Å². The largest absolute Gasteiger partial charge is 0.478 e. The Bertz CT molecular complexity index is 3200. The zero-order chi connectivity index (χ0) is 32.3. The van der Waals surface area contributed by atoms with Gasteiger partial charge in [0.25, 0.3) is 11.1 Å². The number of nitrogens with zero attached hydrogens (tertiary/aromatic N) is 4. The van der Waals surface area contributed by atoms with E-state index in [4.69, 9.17) is 9.97 Å². The predicted molar refractivity (Wildman–Crippen MR) is 184 cm³/mol. The first kappa shape index (κ1) is 25.3. The Morgan fingerprint density at radius 3 is 1.17 bits per heavy atom. The van der Waals surface area contributed by atoms with Crippen molar-refractivity contribution in [3.05, 3.63) is 117 Å². The van der Waals surface area contributed by atoms with E-state index in [1.54, 1.807) is 12.1 Å². The lowest BCUT2D eigenvalue weighted by Gasteiger charge is -2.18. The molecule has 7 aromatic carbocycles. The van der Waals surface area contributed by atoms with Crippen molar-refractivity contribution in [3.63, 3.8) is 0 Å². The second-order valence-corrected chi connectivity index (χ2v) is 12.3. The van der Waals surface area contributed by atoms with E-state index in [2.05, 4.69) is 0 Å². The van der Waals surface area contributed by atoms with Crippen LogP contribution in [0.2, 0.25) is 0 Å². The molecule has 48 heavy (non-hydrogen) atoms. The maximum Gasteiger partial charge on any atom is 0.335 e. The van der Waals surface area contributed by atoms with Gasteiger partial charge < -0.3 is 10.2 Å². The van der Waals surface area contributed by atoms with Crippen molar-refractivity contribution in [1.29, 1.82) is 0 Å². The Hall–Kier alpha value is -6.94. The minimum absolute atomic E-state index is 0.0738. The summed E-state index contributed by atoms with van der Waals surface area (Å²) >= 11 is 0. The zero-order valence-corrected chi connectivity index (χ0v) is 24.4. The van der Waals surface area contributed by atoms with E-state index in [1.807, 2.05) is 48.5 Å². The highest BCUT2D eigenvalue weighted by molar-refractivity contribution is 6.40. The Labute approximate surface area is 264 Å². The van der Waals surface area contributed by atoms with Gasteiger partial charge in [-0.15, -0.1) is 0 Å². The Balaban J connectivity index is 1.32. The van der Waals surface area contributed by atoms with Crippen molar-refractivity contribution in [2.24, 2.45) is 0 Å². The molecule has 224 valence electrons. The zero-order valence-electron chi connectivity index (χ0n) is 24.4.